The molecule has 1 amide bonds. The zero-order valence-corrected chi connectivity index (χ0v) is 14.0. The van der Waals surface area contributed by atoms with Gasteiger partial charge in [-0.1, -0.05) is 25.1 Å². The first kappa shape index (κ1) is 17.5. The Morgan fingerprint density at radius 3 is 2.48 bits per heavy atom. The van der Waals surface area contributed by atoms with Crippen LogP contribution >= 0.6 is 0 Å². The lowest BCUT2D eigenvalue weighted by Gasteiger charge is -2.28. The molecule has 21 heavy (non-hydrogen) atoms. The Morgan fingerprint density at radius 1 is 1.29 bits per heavy atom. The summed E-state index contributed by atoms with van der Waals surface area (Å²) in [5.41, 5.74) is 0.871. The van der Waals surface area contributed by atoms with Crippen molar-refractivity contribution in [2.24, 2.45) is 0 Å². The fourth-order valence-electron chi connectivity index (χ4n) is 2.09. The fraction of sp³-hybridized carbons (Fsp3) is 0.588. The molecule has 1 aromatic rings. The molecule has 0 aromatic heterocycles. The van der Waals surface area contributed by atoms with Crippen molar-refractivity contribution in [2.45, 2.75) is 58.7 Å². The van der Waals surface area contributed by atoms with Crippen LogP contribution in [0.2, 0.25) is 0 Å². The summed E-state index contributed by atoms with van der Waals surface area (Å²) >= 11 is 0. The van der Waals surface area contributed by atoms with Gasteiger partial charge in [-0.15, -0.1) is 0 Å². The molecule has 0 saturated carbocycles. The second kappa shape index (κ2) is 7.46. The Kier molecular flexibility index (Phi) is 6.21. The highest BCUT2D eigenvalue weighted by Gasteiger charge is 2.23. The number of benzene rings is 1. The molecule has 2 N–H and O–H groups in total. The fourth-order valence-corrected chi connectivity index (χ4v) is 2.09. The van der Waals surface area contributed by atoms with E-state index in [1.807, 2.05) is 52.0 Å². The first-order valence-electron chi connectivity index (χ1n) is 7.51. The summed E-state index contributed by atoms with van der Waals surface area (Å²) in [6, 6.07) is 7.62. The molecular formula is C17H28N2O2. The van der Waals surface area contributed by atoms with Crippen LogP contribution in [0.1, 0.15) is 52.6 Å². The molecule has 0 aliphatic rings. The van der Waals surface area contributed by atoms with E-state index in [1.54, 1.807) is 7.11 Å². The zero-order valence-electron chi connectivity index (χ0n) is 14.0. The van der Waals surface area contributed by atoms with Crippen molar-refractivity contribution in [1.82, 2.24) is 10.6 Å². The molecule has 2 atom stereocenters. The third kappa shape index (κ3) is 5.05. The van der Waals surface area contributed by atoms with Gasteiger partial charge in [0.2, 0.25) is 5.91 Å². The van der Waals surface area contributed by atoms with Gasteiger partial charge in [0.05, 0.1) is 13.2 Å². The molecule has 0 saturated heterocycles. The average Bonchev–Trinajstić information content (AvgIpc) is 2.46. The highest BCUT2D eigenvalue weighted by molar-refractivity contribution is 5.82. The molecule has 0 heterocycles. The van der Waals surface area contributed by atoms with Crippen molar-refractivity contribution in [3.8, 4) is 5.75 Å². The second-order valence-corrected chi connectivity index (χ2v) is 6.08. The number of hydrogen-bond acceptors (Lipinski definition) is 3. The Labute approximate surface area is 128 Å². The quantitative estimate of drug-likeness (QED) is 0.812. The molecule has 0 radical (unpaired) electrons. The van der Waals surface area contributed by atoms with Gasteiger partial charge in [-0.2, -0.15) is 0 Å². The zero-order chi connectivity index (χ0) is 16.0. The molecular weight excluding hydrogens is 264 g/mol. The van der Waals surface area contributed by atoms with Gasteiger partial charge >= 0.3 is 0 Å². The SMILES string of the molecule is CCC(C)(C)NC(=O)C(C)N[C@@H](C)c1ccccc1OC. The maximum Gasteiger partial charge on any atom is 0.237 e. The Hall–Kier alpha value is -1.55. The number of amides is 1. The molecule has 0 aliphatic carbocycles. The van der Waals surface area contributed by atoms with E-state index in [4.69, 9.17) is 4.74 Å². The lowest BCUT2D eigenvalue weighted by atomic mass is 10.0. The molecule has 1 rings (SSSR count). The lowest BCUT2D eigenvalue weighted by molar-refractivity contribution is -0.124. The molecule has 0 bridgehead atoms. The number of ether oxygens (including phenoxy) is 1. The van der Waals surface area contributed by atoms with Crippen molar-refractivity contribution in [3.05, 3.63) is 29.8 Å². The van der Waals surface area contributed by atoms with Crippen LogP contribution in [0.25, 0.3) is 0 Å². The Morgan fingerprint density at radius 2 is 1.90 bits per heavy atom. The summed E-state index contributed by atoms with van der Waals surface area (Å²) in [6.45, 7) is 10.0. The van der Waals surface area contributed by atoms with Crippen LogP contribution in [0.4, 0.5) is 0 Å². The molecule has 0 spiro atoms. The second-order valence-electron chi connectivity index (χ2n) is 6.08. The summed E-state index contributed by atoms with van der Waals surface area (Å²) in [6.07, 6.45) is 0.896. The third-order valence-electron chi connectivity index (χ3n) is 3.84. The summed E-state index contributed by atoms with van der Waals surface area (Å²) < 4.78 is 5.37. The van der Waals surface area contributed by atoms with Gasteiger partial charge in [0.15, 0.2) is 0 Å². The van der Waals surface area contributed by atoms with Crippen LogP contribution in [0, 0.1) is 0 Å². The first-order valence-corrected chi connectivity index (χ1v) is 7.51. The highest BCUT2D eigenvalue weighted by Crippen LogP contribution is 2.24. The molecule has 1 aromatic carbocycles. The van der Waals surface area contributed by atoms with E-state index in [9.17, 15) is 4.79 Å². The van der Waals surface area contributed by atoms with Gasteiger partial charge in [-0.3, -0.25) is 10.1 Å². The van der Waals surface area contributed by atoms with Crippen molar-refractivity contribution in [2.75, 3.05) is 7.11 Å². The molecule has 4 heteroatoms. The minimum Gasteiger partial charge on any atom is -0.496 e. The number of rotatable bonds is 7. The largest absolute Gasteiger partial charge is 0.496 e. The molecule has 1 unspecified atom stereocenters. The smallest absolute Gasteiger partial charge is 0.237 e. The summed E-state index contributed by atoms with van der Waals surface area (Å²) in [5, 5.41) is 6.38. The number of carbonyl (C=O) groups is 1. The minimum atomic E-state index is -0.268. The predicted molar refractivity (Wildman–Crippen MR) is 86.5 cm³/mol. The van der Waals surface area contributed by atoms with E-state index >= 15 is 0 Å². The third-order valence-corrected chi connectivity index (χ3v) is 3.84. The van der Waals surface area contributed by atoms with E-state index in [1.165, 1.54) is 0 Å². The lowest BCUT2D eigenvalue weighted by Crippen LogP contribution is -2.51. The van der Waals surface area contributed by atoms with E-state index in [2.05, 4.69) is 17.6 Å². The maximum absolute atomic E-state index is 12.2. The number of nitrogens with one attached hydrogen (secondary N) is 2. The topological polar surface area (TPSA) is 50.4 Å². The number of carbonyl (C=O) groups excluding carboxylic acids is 1. The van der Waals surface area contributed by atoms with Crippen LogP contribution in [0.15, 0.2) is 24.3 Å². The van der Waals surface area contributed by atoms with Crippen LogP contribution in [0.3, 0.4) is 0 Å². The Bertz CT molecular complexity index is 472. The van der Waals surface area contributed by atoms with Gasteiger partial charge in [-0.25, -0.2) is 0 Å². The van der Waals surface area contributed by atoms with Gasteiger partial charge in [-0.05, 0) is 40.2 Å². The molecule has 4 nitrogen and oxygen atoms in total. The standard InChI is InChI=1S/C17H28N2O2/c1-7-17(4,5)19-16(20)13(3)18-12(2)14-10-8-9-11-15(14)21-6/h8-13,18H,7H2,1-6H3,(H,19,20)/t12-,13?/m0/s1. The van der Waals surface area contributed by atoms with E-state index < -0.39 is 0 Å². The van der Waals surface area contributed by atoms with Gasteiger partial charge in [0.25, 0.3) is 0 Å². The van der Waals surface area contributed by atoms with Crippen LogP contribution in [0.5, 0.6) is 5.75 Å². The number of para-hydroxylation sites is 1. The van der Waals surface area contributed by atoms with Gasteiger partial charge < -0.3 is 10.1 Å². The number of methoxy groups -OCH3 is 1. The number of hydrogen-bond donors (Lipinski definition) is 2. The molecule has 0 fully saturated rings. The summed E-state index contributed by atoms with van der Waals surface area (Å²) in [7, 11) is 1.66. The maximum atomic E-state index is 12.2. The van der Waals surface area contributed by atoms with E-state index in [0.29, 0.717) is 0 Å². The Balaban J connectivity index is 2.69. The van der Waals surface area contributed by atoms with Crippen LogP contribution in [-0.4, -0.2) is 24.6 Å². The molecule has 0 aliphatic heterocycles. The monoisotopic (exact) mass is 292 g/mol. The van der Waals surface area contributed by atoms with Crippen molar-refractivity contribution in [3.63, 3.8) is 0 Å². The van der Waals surface area contributed by atoms with Gasteiger partial charge in [0, 0.05) is 17.1 Å². The first-order chi connectivity index (χ1) is 9.80. The average molecular weight is 292 g/mol. The summed E-state index contributed by atoms with van der Waals surface area (Å²) in [5.74, 6) is 0.850. The van der Waals surface area contributed by atoms with Crippen molar-refractivity contribution < 1.29 is 9.53 Å². The van der Waals surface area contributed by atoms with Crippen LogP contribution in [-0.2, 0) is 4.79 Å². The molecule has 118 valence electrons. The minimum absolute atomic E-state index is 0.0172. The van der Waals surface area contributed by atoms with Crippen LogP contribution < -0.4 is 15.4 Å². The van der Waals surface area contributed by atoms with Crippen molar-refractivity contribution >= 4 is 5.91 Å². The van der Waals surface area contributed by atoms with Gasteiger partial charge in [0.1, 0.15) is 5.75 Å². The van der Waals surface area contributed by atoms with E-state index in [0.717, 1.165) is 17.7 Å². The van der Waals surface area contributed by atoms with E-state index in [-0.39, 0.29) is 23.5 Å². The normalized spacial score (nSPS) is 14.4. The van der Waals surface area contributed by atoms with Crippen molar-refractivity contribution in [1.29, 1.82) is 0 Å². The summed E-state index contributed by atoms with van der Waals surface area (Å²) in [4.78, 5) is 12.2. The highest BCUT2D eigenvalue weighted by atomic mass is 16.5. The predicted octanol–water partition coefficient (Wildman–Crippen LogP) is 3.04.